The lowest BCUT2D eigenvalue weighted by atomic mass is 10.0. The molecular formula is C14H16N4. The van der Waals surface area contributed by atoms with E-state index in [4.69, 9.17) is 5.73 Å². The second-order valence-corrected chi connectivity index (χ2v) is 4.70. The normalized spacial score (nSPS) is 14.2. The predicted molar refractivity (Wildman–Crippen MR) is 70.1 cm³/mol. The lowest BCUT2D eigenvalue weighted by Crippen LogP contribution is -2.12. The molecule has 0 unspecified atom stereocenters. The van der Waals surface area contributed by atoms with Crippen LogP contribution in [-0.2, 0) is 19.3 Å². The zero-order valence-corrected chi connectivity index (χ0v) is 10.3. The smallest absolute Gasteiger partial charge is 0.155 e. The molecule has 2 N–H and O–H groups in total. The molecule has 0 spiro atoms. The van der Waals surface area contributed by atoms with E-state index < -0.39 is 0 Å². The van der Waals surface area contributed by atoms with Gasteiger partial charge in [-0.05, 0) is 37.3 Å². The number of anilines is 1. The van der Waals surface area contributed by atoms with Crippen molar-refractivity contribution in [2.24, 2.45) is 0 Å². The fourth-order valence-corrected chi connectivity index (χ4v) is 2.34. The first-order chi connectivity index (χ1) is 8.83. The molecule has 4 heteroatoms. The lowest BCUT2D eigenvalue weighted by Gasteiger charge is -2.13. The molecule has 1 aliphatic carbocycles. The molecule has 0 amide bonds. The number of aryl methyl sites for hydroxylation is 2. The molecule has 92 valence electrons. The van der Waals surface area contributed by atoms with Crippen molar-refractivity contribution in [3.63, 3.8) is 0 Å². The summed E-state index contributed by atoms with van der Waals surface area (Å²) in [7, 11) is 0. The van der Waals surface area contributed by atoms with E-state index in [0.29, 0.717) is 6.42 Å². The summed E-state index contributed by atoms with van der Waals surface area (Å²) in [5, 5.41) is 8.50. The highest BCUT2D eigenvalue weighted by Crippen LogP contribution is 2.18. The van der Waals surface area contributed by atoms with E-state index in [-0.39, 0.29) is 0 Å². The van der Waals surface area contributed by atoms with Gasteiger partial charge in [-0.3, -0.25) is 0 Å². The van der Waals surface area contributed by atoms with E-state index in [1.54, 1.807) is 0 Å². The van der Waals surface area contributed by atoms with Gasteiger partial charge in [-0.15, -0.1) is 5.10 Å². The van der Waals surface area contributed by atoms with E-state index in [0.717, 1.165) is 41.3 Å². The molecule has 0 fully saturated rings. The molecule has 1 aromatic carbocycles. The monoisotopic (exact) mass is 240 g/mol. The second-order valence-electron chi connectivity index (χ2n) is 4.70. The number of fused-ring (bicyclic) bond motifs is 1. The Balaban J connectivity index is 1.87. The average Bonchev–Trinajstić information content (AvgIpc) is 2.41. The number of aromatic nitrogens is 3. The van der Waals surface area contributed by atoms with Crippen LogP contribution in [-0.4, -0.2) is 15.2 Å². The van der Waals surface area contributed by atoms with Crippen LogP contribution in [0.2, 0.25) is 0 Å². The van der Waals surface area contributed by atoms with E-state index in [2.05, 4.69) is 15.2 Å². The van der Waals surface area contributed by atoms with Crippen molar-refractivity contribution in [2.75, 3.05) is 5.73 Å². The quantitative estimate of drug-likeness (QED) is 0.814. The first kappa shape index (κ1) is 11.1. The fraction of sp³-hybridized carbons (Fsp3) is 0.357. The molecule has 0 radical (unpaired) electrons. The SMILES string of the molecule is Nc1ccccc1Cc1nnc2c(n1)CCCC2. The van der Waals surface area contributed by atoms with Crippen LogP contribution in [0, 0.1) is 0 Å². The Hall–Kier alpha value is -1.97. The number of benzene rings is 1. The highest BCUT2D eigenvalue weighted by molar-refractivity contribution is 5.47. The highest BCUT2D eigenvalue weighted by Gasteiger charge is 2.14. The summed E-state index contributed by atoms with van der Waals surface area (Å²) < 4.78 is 0. The average molecular weight is 240 g/mol. The van der Waals surface area contributed by atoms with Crippen LogP contribution in [0.4, 0.5) is 5.69 Å². The Labute approximate surface area is 106 Å². The van der Waals surface area contributed by atoms with E-state index in [9.17, 15) is 0 Å². The van der Waals surface area contributed by atoms with E-state index in [1.165, 1.54) is 12.8 Å². The maximum Gasteiger partial charge on any atom is 0.155 e. The molecule has 2 aromatic rings. The minimum Gasteiger partial charge on any atom is -0.398 e. The number of nitrogen functional groups attached to an aromatic ring is 1. The first-order valence-corrected chi connectivity index (χ1v) is 6.37. The number of nitrogens with two attached hydrogens (primary N) is 1. The third kappa shape index (κ3) is 2.18. The standard InChI is InChI=1S/C14H16N4/c15-11-6-2-1-5-10(11)9-14-16-12-7-3-4-8-13(12)17-18-14/h1-2,5-6H,3-4,7-9,15H2. The van der Waals surface area contributed by atoms with Crippen molar-refractivity contribution in [3.05, 3.63) is 47.0 Å². The van der Waals surface area contributed by atoms with Crippen LogP contribution >= 0.6 is 0 Å². The van der Waals surface area contributed by atoms with Crippen molar-refractivity contribution in [3.8, 4) is 0 Å². The highest BCUT2D eigenvalue weighted by atomic mass is 15.2. The molecule has 0 aliphatic heterocycles. The summed E-state index contributed by atoms with van der Waals surface area (Å²) in [5.41, 5.74) is 9.99. The first-order valence-electron chi connectivity index (χ1n) is 6.37. The van der Waals surface area contributed by atoms with Crippen molar-refractivity contribution in [1.82, 2.24) is 15.2 Å². The third-order valence-corrected chi connectivity index (χ3v) is 3.36. The molecule has 0 bridgehead atoms. The number of para-hydroxylation sites is 1. The van der Waals surface area contributed by atoms with E-state index >= 15 is 0 Å². The fourth-order valence-electron chi connectivity index (χ4n) is 2.34. The Bertz CT molecular complexity index is 565. The summed E-state index contributed by atoms with van der Waals surface area (Å²) in [6, 6.07) is 7.83. The van der Waals surface area contributed by atoms with Gasteiger partial charge in [0.25, 0.3) is 0 Å². The Morgan fingerprint density at radius 2 is 1.78 bits per heavy atom. The minimum atomic E-state index is 0.660. The molecule has 1 aromatic heterocycles. The molecule has 18 heavy (non-hydrogen) atoms. The van der Waals surface area contributed by atoms with Gasteiger partial charge in [-0.1, -0.05) is 18.2 Å². The van der Waals surface area contributed by atoms with Crippen molar-refractivity contribution in [1.29, 1.82) is 0 Å². The van der Waals surface area contributed by atoms with E-state index in [1.807, 2.05) is 24.3 Å². The van der Waals surface area contributed by atoms with Crippen LogP contribution < -0.4 is 5.73 Å². The van der Waals surface area contributed by atoms with Crippen molar-refractivity contribution >= 4 is 5.69 Å². The zero-order valence-electron chi connectivity index (χ0n) is 10.3. The van der Waals surface area contributed by atoms with Gasteiger partial charge >= 0.3 is 0 Å². The Kier molecular flexibility index (Phi) is 2.92. The molecule has 0 atom stereocenters. The maximum absolute atomic E-state index is 5.93. The predicted octanol–water partition coefficient (Wildman–Crippen LogP) is 1.92. The van der Waals surface area contributed by atoms with Crippen LogP contribution in [0.1, 0.15) is 35.6 Å². The van der Waals surface area contributed by atoms with Crippen molar-refractivity contribution in [2.45, 2.75) is 32.1 Å². The van der Waals surface area contributed by atoms with Crippen molar-refractivity contribution < 1.29 is 0 Å². The Morgan fingerprint density at radius 1 is 1.00 bits per heavy atom. The molecule has 1 aliphatic rings. The third-order valence-electron chi connectivity index (χ3n) is 3.36. The summed E-state index contributed by atoms with van der Waals surface area (Å²) in [6.07, 6.45) is 5.12. The second kappa shape index (κ2) is 4.72. The van der Waals surface area contributed by atoms with Crippen LogP contribution in [0.15, 0.2) is 24.3 Å². The van der Waals surface area contributed by atoms with Gasteiger partial charge in [-0.2, -0.15) is 5.10 Å². The van der Waals surface area contributed by atoms with Gasteiger partial charge in [0.1, 0.15) is 0 Å². The lowest BCUT2D eigenvalue weighted by molar-refractivity contribution is 0.621. The summed E-state index contributed by atoms with van der Waals surface area (Å²) >= 11 is 0. The number of hydrogen-bond donors (Lipinski definition) is 1. The molecule has 0 saturated heterocycles. The maximum atomic E-state index is 5.93. The van der Waals surface area contributed by atoms with Crippen LogP contribution in [0.25, 0.3) is 0 Å². The number of nitrogens with zero attached hydrogens (tertiary/aromatic N) is 3. The molecule has 1 heterocycles. The molecular weight excluding hydrogens is 224 g/mol. The number of rotatable bonds is 2. The van der Waals surface area contributed by atoms with Crippen LogP contribution in [0.5, 0.6) is 0 Å². The van der Waals surface area contributed by atoms with Crippen LogP contribution in [0.3, 0.4) is 0 Å². The van der Waals surface area contributed by atoms with Gasteiger partial charge in [-0.25, -0.2) is 4.98 Å². The van der Waals surface area contributed by atoms with Gasteiger partial charge in [0, 0.05) is 12.1 Å². The van der Waals surface area contributed by atoms with Gasteiger partial charge in [0.15, 0.2) is 5.82 Å². The topological polar surface area (TPSA) is 64.7 Å². The molecule has 3 rings (SSSR count). The summed E-state index contributed by atoms with van der Waals surface area (Å²) in [5.74, 6) is 0.772. The summed E-state index contributed by atoms with van der Waals surface area (Å²) in [4.78, 5) is 4.62. The largest absolute Gasteiger partial charge is 0.398 e. The molecule has 0 saturated carbocycles. The molecule has 4 nitrogen and oxygen atoms in total. The minimum absolute atomic E-state index is 0.660. The summed E-state index contributed by atoms with van der Waals surface area (Å²) in [6.45, 7) is 0. The Morgan fingerprint density at radius 3 is 2.61 bits per heavy atom. The van der Waals surface area contributed by atoms with Gasteiger partial charge in [0.05, 0.1) is 11.4 Å². The van der Waals surface area contributed by atoms with Gasteiger partial charge in [0.2, 0.25) is 0 Å². The van der Waals surface area contributed by atoms with Gasteiger partial charge < -0.3 is 5.73 Å². The zero-order chi connectivity index (χ0) is 12.4. The number of hydrogen-bond acceptors (Lipinski definition) is 4.